The first-order chi connectivity index (χ1) is 9.81. The van der Waals surface area contributed by atoms with Gasteiger partial charge in [-0.15, -0.1) is 0 Å². The van der Waals surface area contributed by atoms with Crippen LogP contribution >= 0.6 is 0 Å². The van der Waals surface area contributed by atoms with Crippen molar-refractivity contribution in [1.29, 1.82) is 0 Å². The molecule has 0 aliphatic carbocycles. The molecule has 0 spiro atoms. The molecule has 1 aromatic carbocycles. The van der Waals surface area contributed by atoms with Gasteiger partial charge in [-0.1, -0.05) is 30.3 Å². The topological polar surface area (TPSA) is 61.3 Å². The van der Waals surface area contributed by atoms with E-state index < -0.39 is 0 Å². The second kappa shape index (κ2) is 7.57. The number of hydrogen-bond donors (Lipinski definition) is 2. The summed E-state index contributed by atoms with van der Waals surface area (Å²) < 4.78 is 0. The van der Waals surface area contributed by atoms with Gasteiger partial charge in [0.25, 0.3) is 0 Å². The maximum Gasteiger partial charge on any atom is 0.144 e. The molecule has 0 saturated heterocycles. The number of aliphatic hydroxyl groups excluding tert-OH is 1. The highest BCUT2D eigenvalue weighted by molar-refractivity contribution is 5.29. The standard InChI is InChI=1S/C15H20N4O/c1-16-15-10-17-14(9-18-15)12-19(7-8-20)11-13-5-3-2-4-6-13/h2-6,9-10,20H,7-8,11-12H2,1H3,(H,16,18). The van der Waals surface area contributed by atoms with Gasteiger partial charge in [0.2, 0.25) is 0 Å². The van der Waals surface area contributed by atoms with Gasteiger partial charge in [-0.2, -0.15) is 0 Å². The number of aromatic nitrogens is 2. The minimum Gasteiger partial charge on any atom is -0.395 e. The van der Waals surface area contributed by atoms with Crippen molar-refractivity contribution in [2.75, 3.05) is 25.5 Å². The minimum atomic E-state index is 0.134. The van der Waals surface area contributed by atoms with Crippen LogP contribution in [0.2, 0.25) is 0 Å². The third kappa shape index (κ3) is 4.29. The van der Waals surface area contributed by atoms with Gasteiger partial charge in [-0.3, -0.25) is 9.88 Å². The van der Waals surface area contributed by atoms with Gasteiger partial charge in [0.05, 0.1) is 24.7 Å². The molecular formula is C15H20N4O. The summed E-state index contributed by atoms with van der Waals surface area (Å²) in [6, 6.07) is 10.2. The third-order valence-electron chi connectivity index (χ3n) is 3.01. The van der Waals surface area contributed by atoms with Crippen molar-refractivity contribution in [2.24, 2.45) is 0 Å². The first-order valence-electron chi connectivity index (χ1n) is 6.67. The zero-order valence-electron chi connectivity index (χ0n) is 11.7. The normalized spacial score (nSPS) is 10.8. The monoisotopic (exact) mass is 272 g/mol. The van der Waals surface area contributed by atoms with Crippen molar-refractivity contribution >= 4 is 5.82 Å². The molecule has 0 aliphatic rings. The van der Waals surface area contributed by atoms with Crippen LogP contribution in [0.1, 0.15) is 11.3 Å². The van der Waals surface area contributed by atoms with Crippen LogP contribution in [-0.2, 0) is 13.1 Å². The quantitative estimate of drug-likeness (QED) is 0.800. The molecule has 106 valence electrons. The summed E-state index contributed by atoms with van der Waals surface area (Å²) in [7, 11) is 1.82. The van der Waals surface area contributed by atoms with Gasteiger partial charge in [0.1, 0.15) is 5.82 Å². The number of nitrogens with zero attached hydrogens (tertiary/aromatic N) is 3. The Morgan fingerprint density at radius 1 is 1.10 bits per heavy atom. The Balaban J connectivity index is 2.00. The molecule has 0 radical (unpaired) electrons. The van der Waals surface area contributed by atoms with Crippen LogP contribution in [-0.4, -0.2) is 40.2 Å². The summed E-state index contributed by atoms with van der Waals surface area (Å²) in [6.45, 7) is 2.21. The summed E-state index contributed by atoms with van der Waals surface area (Å²) in [5, 5.41) is 12.1. The molecule has 5 heteroatoms. The summed E-state index contributed by atoms with van der Waals surface area (Å²) >= 11 is 0. The fraction of sp³-hybridized carbons (Fsp3) is 0.333. The lowest BCUT2D eigenvalue weighted by atomic mass is 10.2. The molecule has 0 bridgehead atoms. The first kappa shape index (κ1) is 14.4. The third-order valence-corrected chi connectivity index (χ3v) is 3.01. The van der Waals surface area contributed by atoms with Crippen LogP contribution in [0.25, 0.3) is 0 Å². The average molecular weight is 272 g/mol. The fourth-order valence-electron chi connectivity index (χ4n) is 1.99. The molecular weight excluding hydrogens is 252 g/mol. The van der Waals surface area contributed by atoms with Crippen molar-refractivity contribution in [3.8, 4) is 0 Å². The van der Waals surface area contributed by atoms with E-state index in [1.807, 2.05) is 25.2 Å². The van der Waals surface area contributed by atoms with Gasteiger partial charge in [-0.25, -0.2) is 4.98 Å². The lowest BCUT2D eigenvalue weighted by Gasteiger charge is -2.20. The highest BCUT2D eigenvalue weighted by Gasteiger charge is 2.08. The molecule has 0 aliphatic heterocycles. The first-order valence-corrected chi connectivity index (χ1v) is 6.67. The Bertz CT molecular complexity index is 501. The number of benzene rings is 1. The SMILES string of the molecule is CNc1cnc(CN(CCO)Cc2ccccc2)cn1. The van der Waals surface area contributed by atoms with Crippen LogP contribution in [0.5, 0.6) is 0 Å². The second-order valence-corrected chi connectivity index (χ2v) is 4.56. The zero-order valence-corrected chi connectivity index (χ0v) is 11.7. The van der Waals surface area contributed by atoms with E-state index >= 15 is 0 Å². The minimum absolute atomic E-state index is 0.134. The van der Waals surface area contributed by atoms with E-state index in [0.717, 1.165) is 18.1 Å². The molecule has 2 rings (SSSR count). The predicted molar refractivity (Wildman–Crippen MR) is 79.2 cm³/mol. The summed E-state index contributed by atoms with van der Waals surface area (Å²) in [6.07, 6.45) is 3.48. The molecule has 2 aromatic rings. The second-order valence-electron chi connectivity index (χ2n) is 4.56. The Labute approximate surface area is 119 Å². The molecule has 1 aromatic heterocycles. The van der Waals surface area contributed by atoms with E-state index in [9.17, 15) is 5.11 Å². The molecule has 1 heterocycles. The summed E-state index contributed by atoms with van der Waals surface area (Å²) in [4.78, 5) is 10.8. The number of aliphatic hydroxyl groups is 1. The van der Waals surface area contributed by atoms with Crippen molar-refractivity contribution in [3.63, 3.8) is 0 Å². The van der Waals surface area contributed by atoms with Crippen LogP contribution < -0.4 is 5.32 Å². The van der Waals surface area contributed by atoms with Crippen LogP contribution in [0.15, 0.2) is 42.7 Å². The maximum absolute atomic E-state index is 9.19. The maximum atomic E-state index is 9.19. The highest BCUT2D eigenvalue weighted by Crippen LogP contribution is 2.08. The lowest BCUT2D eigenvalue weighted by Crippen LogP contribution is -2.26. The smallest absolute Gasteiger partial charge is 0.144 e. The molecule has 0 amide bonds. The Kier molecular flexibility index (Phi) is 5.46. The van der Waals surface area contributed by atoms with Gasteiger partial charge in [0.15, 0.2) is 0 Å². The highest BCUT2D eigenvalue weighted by atomic mass is 16.3. The van der Waals surface area contributed by atoms with Gasteiger partial charge >= 0.3 is 0 Å². The Morgan fingerprint density at radius 2 is 1.90 bits per heavy atom. The molecule has 0 atom stereocenters. The molecule has 0 fully saturated rings. The van der Waals surface area contributed by atoms with Crippen LogP contribution in [0.4, 0.5) is 5.82 Å². The van der Waals surface area contributed by atoms with E-state index in [-0.39, 0.29) is 6.61 Å². The molecule has 5 nitrogen and oxygen atoms in total. The Morgan fingerprint density at radius 3 is 2.50 bits per heavy atom. The van der Waals surface area contributed by atoms with Crippen molar-refractivity contribution < 1.29 is 5.11 Å². The van der Waals surface area contributed by atoms with E-state index in [0.29, 0.717) is 13.1 Å². The molecule has 0 saturated carbocycles. The largest absolute Gasteiger partial charge is 0.395 e. The summed E-state index contributed by atoms with van der Waals surface area (Å²) in [5.74, 6) is 0.755. The van der Waals surface area contributed by atoms with Crippen LogP contribution in [0.3, 0.4) is 0 Å². The fourth-order valence-corrected chi connectivity index (χ4v) is 1.99. The number of hydrogen-bond acceptors (Lipinski definition) is 5. The predicted octanol–water partition coefficient (Wildman–Crippen LogP) is 1.51. The Hall–Kier alpha value is -1.98. The van der Waals surface area contributed by atoms with E-state index in [2.05, 4.69) is 32.3 Å². The average Bonchev–Trinajstić information content (AvgIpc) is 2.49. The number of rotatable bonds is 7. The van der Waals surface area contributed by atoms with Gasteiger partial charge in [-0.05, 0) is 5.56 Å². The zero-order chi connectivity index (χ0) is 14.2. The van der Waals surface area contributed by atoms with Crippen molar-refractivity contribution in [1.82, 2.24) is 14.9 Å². The van der Waals surface area contributed by atoms with E-state index in [1.165, 1.54) is 5.56 Å². The number of anilines is 1. The van der Waals surface area contributed by atoms with Gasteiger partial charge in [0, 0.05) is 26.7 Å². The van der Waals surface area contributed by atoms with Gasteiger partial charge < -0.3 is 10.4 Å². The lowest BCUT2D eigenvalue weighted by molar-refractivity contribution is 0.182. The van der Waals surface area contributed by atoms with Crippen LogP contribution in [0, 0.1) is 0 Å². The number of nitrogens with one attached hydrogen (secondary N) is 1. The molecule has 0 unspecified atom stereocenters. The molecule has 2 N–H and O–H groups in total. The molecule has 20 heavy (non-hydrogen) atoms. The van der Waals surface area contributed by atoms with Crippen molar-refractivity contribution in [3.05, 3.63) is 54.0 Å². The summed E-state index contributed by atoms with van der Waals surface area (Å²) in [5.41, 5.74) is 2.12. The van der Waals surface area contributed by atoms with E-state index in [1.54, 1.807) is 12.4 Å². The van der Waals surface area contributed by atoms with E-state index in [4.69, 9.17) is 0 Å². The van der Waals surface area contributed by atoms with Crippen molar-refractivity contribution in [2.45, 2.75) is 13.1 Å².